The number of aryl methyl sites for hydroxylation is 1. The molecule has 1 atom stereocenters. The van der Waals surface area contributed by atoms with Gasteiger partial charge in [0.25, 0.3) is 0 Å². The quantitative estimate of drug-likeness (QED) is 0.785. The monoisotopic (exact) mass is 235 g/mol. The Morgan fingerprint density at radius 1 is 1.41 bits per heavy atom. The van der Waals surface area contributed by atoms with E-state index < -0.39 is 0 Å². The first-order valence-corrected chi connectivity index (χ1v) is 6.40. The zero-order chi connectivity index (χ0) is 12.7. The summed E-state index contributed by atoms with van der Waals surface area (Å²) in [5, 5.41) is 3.26. The Bertz CT molecular complexity index is 325. The highest BCUT2D eigenvalue weighted by Crippen LogP contribution is 2.04. The second-order valence-electron chi connectivity index (χ2n) is 4.84. The van der Waals surface area contributed by atoms with Gasteiger partial charge in [0, 0.05) is 18.3 Å². The third kappa shape index (κ3) is 5.80. The molecule has 3 heteroatoms. The van der Waals surface area contributed by atoms with Gasteiger partial charge in [-0.25, -0.2) is 0 Å². The van der Waals surface area contributed by atoms with E-state index in [-0.39, 0.29) is 0 Å². The predicted molar refractivity (Wildman–Crippen MR) is 73.1 cm³/mol. The molecule has 3 nitrogen and oxygen atoms in total. The summed E-state index contributed by atoms with van der Waals surface area (Å²) in [6.45, 7) is 6.33. The van der Waals surface area contributed by atoms with Crippen LogP contribution in [0.5, 0.6) is 0 Å². The van der Waals surface area contributed by atoms with Gasteiger partial charge in [-0.3, -0.25) is 4.98 Å². The molecule has 96 valence electrons. The summed E-state index contributed by atoms with van der Waals surface area (Å²) in [6, 6.07) is 6.83. The normalized spacial score (nSPS) is 13.0. The third-order valence-electron chi connectivity index (χ3n) is 3.05. The van der Waals surface area contributed by atoms with E-state index in [1.165, 1.54) is 12.8 Å². The van der Waals surface area contributed by atoms with E-state index in [0.29, 0.717) is 6.04 Å². The number of hydrogen-bond acceptors (Lipinski definition) is 3. The van der Waals surface area contributed by atoms with Crippen molar-refractivity contribution >= 4 is 0 Å². The summed E-state index contributed by atoms with van der Waals surface area (Å²) in [4.78, 5) is 6.86. The van der Waals surface area contributed by atoms with Crippen LogP contribution in [0.4, 0.5) is 0 Å². The van der Waals surface area contributed by atoms with E-state index in [2.05, 4.69) is 41.3 Å². The van der Waals surface area contributed by atoms with Gasteiger partial charge in [-0.2, -0.15) is 0 Å². The predicted octanol–water partition coefficient (Wildman–Crippen LogP) is 2.21. The van der Waals surface area contributed by atoms with E-state index in [4.69, 9.17) is 0 Å². The summed E-state index contributed by atoms with van der Waals surface area (Å²) in [6.07, 6.45) is 2.45. The minimum absolute atomic E-state index is 0.612. The molecular weight excluding hydrogens is 210 g/mol. The summed E-state index contributed by atoms with van der Waals surface area (Å²) < 4.78 is 0. The standard InChI is InChI=1S/C14H25N3/c1-12(15-3)8-6-10-17(4)11-14-9-5-7-13(2)16-14/h5,7,9,12,15H,6,8,10-11H2,1-4H3. The molecule has 0 aromatic carbocycles. The summed E-state index contributed by atoms with van der Waals surface area (Å²) in [5.74, 6) is 0. The number of pyridine rings is 1. The SMILES string of the molecule is CNC(C)CCCN(C)Cc1cccc(C)n1. The summed E-state index contributed by atoms with van der Waals surface area (Å²) in [7, 11) is 4.18. The van der Waals surface area contributed by atoms with E-state index in [0.717, 1.165) is 24.5 Å². The highest BCUT2D eigenvalue weighted by molar-refractivity contribution is 5.09. The van der Waals surface area contributed by atoms with Gasteiger partial charge in [0.15, 0.2) is 0 Å². The van der Waals surface area contributed by atoms with E-state index in [1.54, 1.807) is 0 Å². The molecule has 0 saturated carbocycles. The Balaban J connectivity index is 2.27. The molecule has 1 unspecified atom stereocenters. The Labute approximate surface area is 105 Å². The van der Waals surface area contributed by atoms with Crippen LogP contribution in [0.2, 0.25) is 0 Å². The maximum atomic E-state index is 4.52. The Morgan fingerprint density at radius 3 is 2.82 bits per heavy atom. The fraction of sp³-hybridized carbons (Fsp3) is 0.643. The number of rotatable bonds is 7. The highest BCUT2D eigenvalue weighted by atomic mass is 15.1. The lowest BCUT2D eigenvalue weighted by atomic mass is 10.2. The van der Waals surface area contributed by atoms with Crippen LogP contribution in [0.25, 0.3) is 0 Å². The fourth-order valence-corrected chi connectivity index (χ4v) is 1.85. The van der Waals surface area contributed by atoms with Crippen LogP contribution in [0.3, 0.4) is 0 Å². The van der Waals surface area contributed by atoms with Crippen molar-refractivity contribution in [3.8, 4) is 0 Å². The van der Waals surface area contributed by atoms with Crippen molar-refractivity contribution in [3.05, 3.63) is 29.6 Å². The van der Waals surface area contributed by atoms with Crippen molar-refractivity contribution in [2.75, 3.05) is 20.6 Å². The van der Waals surface area contributed by atoms with E-state index in [9.17, 15) is 0 Å². The average molecular weight is 235 g/mol. The van der Waals surface area contributed by atoms with Crippen LogP contribution in [0, 0.1) is 6.92 Å². The van der Waals surface area contributed by atoms with Crippen molar-refractivity contribution in [1.29, 1.82) is 0 Å². The van der Waals surface area contributed by atoms with E-state index in [1.807, 2.05) is 20.0 Å². The molecule has 1 aromatic rings. The second kappa shape index (κ2) is 7.41. The lowest BCUT2D eigenvalue weighted by Crippen LogP contribution is -2.24. The summed E-state index contributed by atoms with van der Waals surface area (Å²) >= 11 is 0. The molecule has 0 saturated heterocycles. The molecule has 0 spiro atoms. The molecular formula is C14H25N3. The average Bonchev–Trinajstić information content (AvgIpc) is 2.28. The van der Waals surface area contributed by atoms with Gasteiger partial charge in [-0.05, 0) is 59.5 Å². The van der Waals surface area contributed by atoms with Crippen LogP contribution in [0.15, 0.2) is 18.2 Å². The van der Waals surface area contributed by atoms with Gasteiger partial charge < -0.3 is 10.2 Å². The molecule has 17 heavy (non-hydrogen) atoms. The lowest BCUT2D eigenvalue weighted by Gasteiger charge is -2.17. The van der Waals surface area contributed by atoms with Crippen molar-refractivity contribution < 1.29 is 0 Å². The third-order valence-corrected chi connectivity index (χ3v) is 3.05. The first-order valence-electron chi connectivity index (χ1n) is 6.40. The van der Waals surface area contributed by atoms with Gasteiger partial charge >= 0.3 is 0 Å². The molecule has 0 aliphatic heterocycles. The number of hydrogen-bond donors (Lipinski definition) is 1. The molecule has 1 rings (SSSR count). The van der Waals surface area contributed by atoms with Crippen molar-refractivity contribution in [1.82, 2.24) is 15.2 Å². The highest BCUT2D eigenvalue weighted by Gasteiger charge is 2.03. The van der Waals surface area contributed by atoms with Gasteiger partial charge in [0.05, 0.1) is 5.69 Å². The zero-order valence-electron chi connectivity index (χ0n) is 11.5. The van der Waals surface area contributed by atoms with Crippen LogP contribution in [0.1, 0.15) is 31.2 Å². The molecule has 0 aliphatic carbocycles. The Morgan fingerprint density at radius 2 is 2.18 bits per heavy atom. The first kappa shape index (κ1) is 14.1. The minimum Gasteiger partial charge on any atom is -0.317 e. The molecule has 1 N–H and O–H groups in total. The topological polar surface area (TPSA) is 28.2 Å². The first-order chi connectivity index (χ1) is 8.11. The smallest absolute Gasteiger partial charge is 0.0547 e. The zero-order valence-corrected chi connectivity index (χ0v) is 11.5. The molecule has 0 fully saturated rings. The van der Waals surface area contributed by atoms with Crippen molar-refractivity contribution in [2.24, 2.45) is 0 Å². The second-order valence-corrected chi connectivity index (χ2v) is 4.84. The molecule has 0 bridgehead atoms. The Hall–Kier alpha value is -0.930. The maximum Gasteiger partial charge on any atom is 0.0547 e. The number of nitrogens with zero attached hydrogens (tertiary/aromatic N) is 2. The van der Waals surface area contributed by atoms with Gasteiger partial charge in [0.2, 0.25) is 0 Å². The molecule has 0 amide bonds. The summed E-state index contributed by atoms with van der Waals surface area (Å²) in [5.41, 5.74) is 2.26. The Kier molecular flexibility index (Phi) is 6.16. The minimum atomic E-state index is 0.612. The van der Waals surface area contributed by atoms with Gasteiger partial charge in [-0.1, -0.05) is 6.07 Å². The van der Waals surface area contributed by atoms with Gasteiger partial charge in [0.1, 0.15) is 0 Å². The molecule has 0 radical (unpaired) electrons. The van der Waals surface area contributed by atoms with Gasteiger partial charge in [-0.15, -0.1) is 0 Å². The molecule has 0 aliphatic rings. The molecule has 1 heterocycles. The number of nitrogens with one attached hydrogen (secondary N) is 1. The van der Waals surface area contributed by atoms with Crippen molar-refractivity contribution in [2.45, 2.75) is 39.3 Å². The van der Waals surface area contributed by atoms with Crippen LogP contribution < -0.4 is 5.32 Å². The maximum absolute atomic E-state index is 4.52. The van der Waals surface area contributed by atoms with Crippen LogP contribution >= 0.6 is 0 Å². The van der Waals surface area contributed by atoms with Crippen LogP contribution in [-0.4, -0.2) is 36.6 Å². The lowest BCUT2D eigenvalue weighted by molar-refractivity contribution is 0.308. The number of aromatic nitrogens is 1. The van der Waals surface area contributed by atoms with Crippen molar-refractivity contribution in [3.63, 3.8) is 0 Å². The van der Waals surface area contributed by atoms with Crippen LogP contribution in [-0.2, 0) is 6.54 Å². The van der Waals surface area contributed by atoms with E-state index >= 15 is 0 Å². The fourth-order valence-electron chi connectivity index (χ4n) is 1.85. The molecule has 1 aromatic heterocycles. The largest absolute Gasteiger partial charge is 0.317 e.